The highest BCUT2D eigenvalue weighted by Gasteiger charge is 2.38. The van der Waals surface area contributed by atoms with E-state index >= 15 is 0 Å². The van der Waals surface area contributed by atoms with E-state index in [-0.39, 0.29) is 5.82 Å². The lowest BCUT2D eigenvalue weighted by Gasteiger charge is -2.26. The maximum absolute atomic E-state index is 12.5. The molecule has 1 aliphatic rings. The zero-order chi connectivity index (χ0) is 18.0. The number of hydrogen-bond donors (Lipinski definition) is 0. The number of morpholine rings is 1. The highest BCUT2D eigenvalue weighted by atomic mass is 19.4. The monoisotopic (exact) mass is 357 g/mol. The number of halogens is 3. The Morgan fingerprint density at radius 1 is 1.28 bits per heavy atom. The van der Waals surface area contributed by atoms with Crippen molar-refractivity contribution in [2.75, 3.05) is 26.3 Å². The maximum Gasteiger partial charge on any atom is 0.471 e. The van der Waals surface area contributed by atoms with Gasteiger partial charge >= 0.3 is 18.2 Å². The normalized spacial score (nSPS) is 15.3. The van der Waals surface area contributed by atoms with Crippen molar-refractivity contribution < 1.29 is 32.0 Å². The number of alkyl halides is 3. The number of nitrogens with zero attached hydrogens (tertiary/aromatic N) is 3. The molecule has 0 unspecified atom stereocenters. The van der Waals surface area contributed by atoms with Gasteiger partial charge in [-0.05, 0) is 30.7 Å². The van der Waals surface area contributed by atoms with Gasteiger partial charge in [0.25, 0.3) is 0 Å². The molecule has 3 rings (SSSR count). The van der Waals surface area contributed by atoms with Crippen LogP contribution in [0.4, 0.5) is 18.0 Å². The van der Waals surface area contributed by atoms with Crippen LogP contribution in [0.1, 0.15) is 11.5 Å². The molecule has 2 heterocycles. The van der Waals surface area contributed by atoms with Gasteiger partial charge < -0.3 is 18.9 Å². The van der Waals surface area contributed by atoms with Gasteiger partial charge in [0, 0.05) is 18.7 Å². The first kappa shape index (κ1) is 17.2. The van der Waals surface area contributed by atoms with E-state index in [1.54, 1.807) is 6.92 Å². The molecule has 2 aromatic rings. The Kier molecular flexibility index (Phi) is 4.62. The first-order valence-corrected chi connectivity index (χ1v) is 7.41. The number of carbonyl (C=O) groups is 1. The smallest absolute Gasteiger partial charge is 0.410 e. The van der Waals surface area contributed by atoms with Crippen molar-refractivity contribution in [3.8, 4) is 17.1 Å². The molecule has 134 valence electrons. The van der Waals surface area contributed by atoms with E-state index in [4.69, 9.17) is 9.47 Å². The van der Waals surface area contributed by atoms with Crippen molar-refractivity contribution in [3.05, 3.63) is 29.7 Å². The lowest BCUT2D eigenvalue weighted by molar-refractivity contribution is -0.159. The van der Waals surface area contributed by atoms with Crippen molar-refractivity contribution >= 4 is 6.09 Å². The van der Waals surface area contributed by atoms with Gasteiger partial charge in [0.1, 0.15) is 5.75 Å². The molecule has 0 atom stereocenters. The fourth-order valence-corrected chi connectivity index (χ4v) is 2.26. The van der Waals surface area contributed by atoms with Gasteiger partial charge in [-0.3, -0.25) is 0 Å². The Balaban J connectivity index is 1.74. The summed E-state index contributed by atoms with van der Waals surface area (Å²) in [4.78, 5) is 16.9. The van der Waals surface area contributed by atoms with Gasteiger partial charge in [0.15, 0.2) is 0 Å². The fourth-order valence-electron chi connectivity index (χ4n) is 2.26. The minimum absolute atomic E-state index is 0.193. The van der Waals surface area contributed by atoms with Crippen molar-refractivity contribution in [2.24, 2.45) is 0 Å². The number of carbonyl (C=O) groups excluding carboxylic acids is 1. The lowest BCUT2D eigenvalue weighted by atomic mass is 10.1. The quantitative estimate of drug-likeness (QED) is 0.822. The summed E-state index contributed by atoms with van der Waals surface area (Å²) in [6.07, 6.45) is -5.20. The van der Waals surface area contributed by atoms with E-state index in [9.17, 15) is 18.0 Å². The first-order chi connectivity index (χ1) is 11.8. The Morgan fingerprint density at radius 3 is 2.60 bits per heavy atom. The number of aryl methyl sites for hydroxylation is 1. The second-order valence-corrected chi connectivity index (χ2v) is 5.37. The van der Waals surface area contributed by atoms with Crippen LogP contribution in [0.3, 0.4) is 0 Å². The van der Waals surface area contributed by atoms with Crippen LogP contribution in [0.25, 0.3) is 11.4 Å². The summed E-state index contributed by atoms with van der Waals surface area (Å²) in [5.74, 6) is -1.30. The molecule has 1 aromatic heterocycles. The third kappa shape index (κ3) is 3.90. The summed E-state index contributed by atoms with van der Waals surface area (Å²) in [7, 11) is 0. The van der Waals surface area contributed by atoms with E-state index in [0.717, 1.165) is 0 Å². The lowest BCUT2D eigenvalue weighted by Crippen LogP contribution is -2.42. The standard InChI is InChI=1S/C15H14F3N3O4/c1-9-8-10(12-19-13(25-20-12)15(16,17)18)2-3-11(9)24-14(22)21-4-6-23-7-5-21/h2-3,8H,4-7H2,1H3. The number of ether oxygens (including phenoxy) is 2. The van der Waals surface area contributed by atoms with E-state index in [1.807, 2.05) is 0 Å². The summed E-state index contributed by atoms with van der Waals surface area (Å²) in [6, 6.07) is 4.46. The van der Waals surface area contributed by atoms with Crippen LogP contribution in [-0.2, 0) is 10.9 Å². The summed E-state index contributed by atoms with van der Waals surface area (Å²) >= 11 is 0. The predicted molar refractivity (Wildman–Crippen MR) is 77.9 cm³/mol. The number of hydrogen-bond acceptors (Lipinski definition) is 6. The van der Waals surface area contributed by atoms with Gasteiger partial charge in [-0.2, -0.15) is 18.2 Å². The molecule has 1 saturated heterocycles. The molecule has 1 aliphatic heterocycles. The average molecular weight is 357 g/mol. The van der Waals surface area contributed by atoms with E-state index < -0.39 is 18.2 Å². The van der Waals surface area contributed by atoms with Gasteiger partial charge in [-0.15, -0.1) is 0 Å². The number of benzene rings is 1. The molecule has 0 aliphatic carbocycles. The molecule has 0 bridgehead atoms. The fraction of sp³-hybridized carbons (Fsp3) is 0.400. The number of rotatable bonds is 2. The highest BCUT2D eigenvalue weighted by Crippen LogP contribution is 2.30. The molecule has 25 heavy (non-hydrogen) atoms. The molecular weight excluding hydrogens is 343 g/mol. The van der Waals surface area contributed by atoms with Crippen molar-refractivity contribution in [2.45, 2.75) is 13.1 Å². The second-order valence-electron chi connectivity index (χ2n) is 5.37. The molecule has 1 amide bonds. The van der Waals surface area contributed by atoms with E-state index in [2.05, 4.69) is 14.7 Å². The van der Waals surface area contributed by atoms with Crippen LogP contribution in [0, 0.1) is 6.92 Å². The van der Waals surface area contributed by atoms with Crippen LogP contribution in [0.15, 0.2) is 22.7 Å². The van der Waals surface area contributed by atoms with E-state index in [0.29, 0.717) is 43.2 Å². The largest absolute Gasteiger partial charge is 0.471 e. The van der Waals surface area contributed by atoms with Crippen molar-refractivity contribution in [3.63, 3.8) is 0 Å². The topological polar surface area (TPSA) is 77.7 Å². The van der Waals surface area contributed by atoms with Crippen LogP contribution in [0.5, 0.6) is 5.75 Å². The number of aromatic nitrogens is 2. The van der Waals surface area contributed by atoms with Crippen LogP contribution >= 0.6 is 0 Å². The summed E-state index contributed by atoms with van der Waals surface area (Å²) in [5.41, 5.74) is 0.875. The Labute approximate surface area is 140 Å². The summed E-state index contributed by atoms with van der Waals surface area (Å²) in [6.45, 7) is 3.45. The molecule has 0 saturated carbocycles. The third-order valence-corrected chi connectivity index (χ3v) is 3.57. The minimum Gasteiger partial charge on any atom is -0.410 e. The molecule has 1 fully saturated rings. The minimum atomic E-state index is -4.70. The van der Waals surface area contributed by atoms with Crippen LogP contribution in [-0.4, -0.2) is 47.4 Å². The Morgan fingerprint density at radius 2 is 2.00 bits per heavy atom. The van der Waals surface area contributed by atoms with E-state index in [1.165, 1.54) is 23.1 Å². The van der Waals surface area contributed by atoms with Gasteiger partial charge in [0.2, 0.25) is 5.82 Å². The Hall–Kier alpha value is -2.62. The van der Waals surface area contributed by atoms with Gasteiger partial charge in [-0.1, -0.05) is 5.16 Å². The number of amides is 1. The molecule has 0 spiro atoms. The summed E-state index contributed by atoms with van der Waals surface area (Å²) < 4.78 is 52.2. The zero-order valence-electron chi connectivity index (χ0n) is 13.2. The molecule has 7 nitrogen and oxygen atoms in total. The van der Waals surface area contributed by atoms with Gasteiger partial charge in [0.05, 0.1) is 13.2 Å². The molecule has 0 N–H and O–H groups in total. The van der Waals surface area contributed by atoms with Crippen LogP contribution < -0.4 is 4.74 Å². The molecule has 0 radical (unpaired) electrons. The molecule has 1 aromatic carbocycles. The zero-order valence-corrected chi connectivity index (χ0v) is 13.2. The highest BCUT2D eigenvalue weighted by molar-refractivity contribution is 5.72. The average Bonchev–Trinajstić information content (AvgIpc) is 3.08. The predicted octanol–water partition coefficient (Wildman–Crippen LogP) is 2.89. The molecule has 10 heteroatoms. The van der Waals surface area contributed by atoms with Gasteiger partial charge in [-0.25, -0.2) is 4.79 Å². The first-order valence-electron chi connectivity index (χ1n) is 7.41. The molecular formula is C15H14F3N3O4. The van der Waals surface area contributed by atoms with Crippen molar-refractivity contribution in [1.82, 2.24) is 15.0 Å². The summed E-state index contributed by atoms with van der Waals surface area (Å²) in [5, 5.41) is 3.32. The van der Waals surface area contributed by atoms with Crippen LogP contribution in [0.2, 0.25) is 0 Å². The Bertz CT molecular complexity index is 770. The SMILES string of the molecule is Cc1cc(-c2noc(C(F)(F)F)n2)ccc1OC(=O)N1CCOCC1. The third-order valence-electron chi connectivity index (χ3n) is 3.57. The maximum atomic E-state index is 12.5. The second kappa shape index (κ2) is 6.71. The van der Waals surface area contributed by atoms with Crippen molar-refractivity contribution in [1.29, 1.82) is 0 Å².